The van der Waals surface area contributed by atoms with E-state index in [0.29, 0.717) is 17.2 Å². The van der Waals surface area contributed by atoms with Crippen molar-refractivity contribution >= 4 is 23.5 Å². The second-order valence-corrected chi connectivity index (χ2v) is 6.63. The maximum absolute atomic E-state index is 12.3. The van der Waals surface area contributed by atoms with Crippen LogP contribution in [0.4, 0.5) is 0 Å². The van der Waals surface area contributed by atoms with Crippen LogP contribution < -0.4 is 15.8 Å². The minimum absolute atomic E-state index is 0.320. The number of amides is 1. The summed E-state index contributed by atoms with van der Waals surface area (Å²) in [4.78, 5) is 24.1. The molecular weight excluding hydrogens is 332 g/mol. The molecule has 1 aromatic carbocycles. The molecule has 0 saturated carbocycles. The Labute approximate surface area is 147 Å². The fourth-order valence-electron chi connectivity index (χ4n) is 2.12. The summed E-state index contributed by atoms with van der Waals surface area (Å²) in [6, 6.07) is 4.06. The van der Waals surface area contributed by atoms with E-state index >= 15 is 0 Å². The van der Waals surface area contributed by atoms with E-state index in [9.17, 15) is 9.59 Å². The second kappa shape index (κ2) is 8.35. The third kappa shape index (κ3) is 4.85. The Kier molecular flexibility index (Phi) is 7.05. The largest absolute Gasteiger partial charge is 0.495 e. The number of esters is 1. The number of hydrogen-bond acceptors (Lipinski definition) is 5. The topological polar surface area (TPSA) is 90.7 Å². The number of ether oxygens (including phenoxy) is 2. The monoisotopic (exact) mass is 356 g/mol. The summed E-state index contributed by atoms with van der Waals surface area (Å²) in [5.74, 6) is -0.177. The third-order valence-electron chi connectivity index (χ3n) is 4.16. The normalized spacial score (nSPS) is 13.8. The summed E-state index contributed by atoms with van der Waals surface area (Å²) < 4.78 is 9.85. The summed E-state index contributed by atoms with van der Waals surface area (Å²) >= 11 is 6.07. The molecule has 1 aromatic rings. The van der Waals surface area contributed by atoms with Crippen molar-refractivity contribution in [1.29, 1.82) is 0 Å². The van der Waals surface area contributed by atoms with Gasteiger partial charge in [-0.1, -0.05) is 17.7 Å². The van der Waals surface area contributed by atoms with Crippen LogP contribution in [-0.2, 0) is 20.7 Å². The molecule has 2 unspecified atom stereocenters. The Bertz CT molecular complexity index is 604. The molecule has 24 heavy (non-hydrogen) atoms. The average Bonchev–Trinajstić information content (AvgIpc) is 2.53. The zero-order valence-corrected chi connectivity index (χ0v) is 15.4. The van der Waals surface area contributed by atoms with E-state index in [1.807, 2.05) is 0 Å². The van der Waals surface area contributed by atoms with Gasteiger partial charge in [0.15, 0.2) is 0 Å². The van der Waals surface area contributed by atoms with Crippen LogP contribution >= 0.6 is 11.6 Å². The molecule has 0 bridgehead atoms. The molecule has 7 heteroatoms. The molecule has 134 valence electrons. The quantitative estimate of drug-likeness (QED) is 0.728. The first-order valence-corrected chi connectivity index (χ1v) is 7.98. The first-order chi connectivity index (χ1) is 11.1. The van der Waals surface area contributed by atoms with Gasteiger partial charge >= 0.3 is 5.97 Å². The molecule has 1 amide bonds. The van der Waals surface area contributed by atoms with Crippen molar-refractivity contribution in [2.45, 2.75) is 39.3 Å². The summed E-state index contributed by atoms with van der Waals surface area (Å²) in [5.41, 5.74) is 5.94. The summed E-state index contributed by atoms with van der Waals surface area (Å²) in [6.45, 7) is 5.16. The van der Waals surface area contributed by atoms with Gasteiger partial charge in [0, 0.05) is 6.04 Å². The molecule has 2 atom stereocenters. The predicted octanol–water partition coefficient (Wildman–Crippen LogP) is 1.92. The highest BCUT2D eigenvalue weighted by Crippen LogP contribution is 2.25. The van der Waals surface area contributed by atoms with Gasteiger partial charge in [0.25, 0.3) is 0 Å². The molecule has 0 saturated heterocycles. The van der Waals surface area contributed by atoms with Crippen molar-refractivity contribution < 1.29 is 19.1 Å². The standard InChI is InChI=1S/C17H25ClN2O4/c1-10(17(2,3)16(22)24-5)20-15(21)13(19)9-11-6-7-14(23-4)12(18)8-11/h6-8,10,13H,9,19H2,1-5H3,(H,20,21). The number of carbonyl (C=O) groups is 2. The second-order valence-electron chi connectivity index (χ2n) is 6.22. The van der Waals surface area contributed by atoms with E-state index in [4.69, 9.17) is 26.8 Å². The van der Waals surface area contributed by atoms with E-state index in [0.717, 1.165) is 5.56 Å². The van der Waals surface area contributed by atoms with Crippen LogP contribution in [0.1, 0.15) is 26.3 Å². The molecule has 0 heterocycles. The van der Waals surface area contributed by atoms with Crippen molar-refractivity contribution in [2.24, 2.45) is 11.1 Å². The molecule has 6 nitrogen and oxygen atoms in total. The molecule has 0 fully saturated rings. The Morgan fingerprint density at radius 2 is 1.96 bits per heavy atom. The number of carbonyl (C=O) groups excluding carboxylic acids is 2. The summed E-state index contributed by atoms with van der Waals surface area (Å²) in [5, 5.41) is 3.23. The fourth-order valence-corrected chi connectivity index (χ4v) is 2.40. The van der Waals surface area contributed by atoms with Crippen LogP contribution in [0.2, 0.25) is 5.02 Å². The number of rotatable bonds is 7. The van der Waals surface area contributed by atoms with E-state index in [1.54, 1.807) is 39.0 Å². The molecule has 0 aliphatic rings. The van der Waals surface area contributed by atoms with Crippen molar-refractivity contribution in [1.82, 2.24) is 5.32 Å². The van der Waals surface area contributed by atoms with Crippen LogP contribution in [0.3, 0.4) is 0 Å². The zero-order chi connectivity index (χ0) is 18.5. The van der Waals surface area contributed by atoms with Crippen LogP contribution in [0, 0.1) is 5.41 Å². The summed E-state index contributed by atoms with van der Waals surface area (Å²) in [6.07, 6.45) is 0.320. The van der Waals surface area contributed by atoms with Gasteiger partial charge in [-0.3, -0.25) is 9.59 Å². The minimum Gasteiger partial charge on any atom is -0.495 e. The number of nitrogens with two attached hydrogens (primary N) is 1. The van der Waals surface area contributed by atoms with Crippen molar-refractivity contribution in [2.75, 3.05) is 14.2 Å². The minimum atomic E-state index is -0.854. The number of nitrogens with one attached hydrogen (secondary N) is 1. The maximum Gasteiger partial charge on any atom is 0.313 e. The smallest absolute Gasteiger partial charge is 0.313 e. The fraction of sp³-hybridized carbons (Fsp3) is 0.529. The molecule has 0 radical (unpaired) electrons. The third-order valence-corrected chi connectivity index (χ3v) is 4.46. The SMILES string of the molecule is COC(=O)C(C)(C)C(C)NC(=O)C(N)Cc1ccc(OC)c(Cl)c1. The van der Waals surface area contributed by atoms with Crippen LogP contribution in [0.15, 0.2) is 18.2 Å². The van der Waals surface area contributed by atoms with Crippen LogP contribution in [0.5, 0.6) is 5.75 Å². The lowest BCUT2D eigenvalue weighted by atomic mass is 9.85. The molecule has 0 spiro atoms. The van der Waals surface area contributed by atoms with Gasteiger partial charge < -0.3 is 20.5 Å². The van der Waals surface area contributed by atoms with Gasteiger partial charge in [-0.25, -0.2) is 0 Å². The number of halogens is 1. The van der Waals surface area contributed by atoms with E-state index in [1.165, 1.54) is 14.2 Å². The Hall–Kier alpha value is -1.79. The Morgan fingerprint density at radius 3 is 2.46 bits per heavy atom. The highest BCUT2D eigenvalue weighted by atomic mass is 35.5. The van der Waals surface area contributed by atoms with Crippen molar-refractivity contribution in [3.8, 4) is 5.75 Å². The van der Waals surface area contributed by atoms with Gasteiger partial charge in [-0.15, -0.1) is 0 Å². The summed E-state index contributed by atoms with van der Waals surface area (Å²) in [7, 11) is 2.85. The van der Waals surface area contributed by atoms with Gasteiger partial charge in [-0.05, 0) is 44.9 Å². The molecule has 0 aliphatic carbocycles. The Morgan fingerprint density at radius 1 is 1.33 bits per heavy atom. The number of benzene rings is 1. The molecule has 0 aliphatic heterocycles. The first kappa shape index (κ1) is 20.3. The van der Waals surface area contributed by atoms with Crippen molar-refractivity contribution in [3.63, 3.8) is 0 Å². The first-order valence-electron chi connectivity index (χ1n) is 7.60. The Balaban J connectivity index is 2.71. The van der Waals surface area contributed by atoms with Gasteiger partial charge in [-0.2, -0.15) is 0 Å². The lowest BCUT2D eigenvalue weighted by Crippen LogP contribution is -2.52. The van der Waals surface area contributed by atoms with E-state index in [-0.39, 0.29) is 5.91 Å². The highest BCUT2D eigenvalue weighted by Gasteiger charge is 2.36. The lowest BCUT2D eigenvalue weighted by Gasteiger charge is -2.30. The number of hydrogen-bond donors (Lipinski definition) is 2. The molecule has 1 rings (SSSR count). The van der Waals surface area contributed by atoms with E-state index in [2.05, 4.69) is 5.32 Å². The molecule has 3 N–H and O–H groups in total. The van der Waals surface area contributed by atoms with Gasteiger partial charge in [0.2, 0.25) is 5.91 Å². The van der Waals surface area contributed by atoms with Crippen molar-refractivity contribution in [3.05, 3.63) is 28.8 Å². The van der Waals surface area contributed by atoms with Gasteiger partial charge in [0.1, 0.15) is 5.75 Å². The predicted molar refractivity (Wildman–Crippen MR) is 93.1 cm³/mol. The average molecular weight is 357 g/mol. The van der Waals surface area contributed by atoms with Crippen LogP contribution in [0.25, 0.3) is 0 Å². The zero-order valence-electron chi connectivity index (χ0n) is 14.7. The highest BCUT2D eigenvalue weighted by molar-refractivity contribution is 6.32. The van der Waals surface area contributed by atoms with E-state index < -0.39 is 23.5 Å². The number of methoxy groups -OCH3 is 2. The lowest BCUT2D eigenvalue weighted by molar-refractivity contribution is -0.152. The maximum atomic E-state index is 12.3. The molecular formula is C17H25ClN2O4. The van der Waals surface area contributed by atoms with Gasteiger partial charge in [0.05, 0.1) is 30.7 Å². The molecule has 0 aromatic heterocycles. The van der Waals surface area contributed by atoms with Crippen LogP contribution in [-0.4, -0.2) is 38.2 Å².